The van der Waals surface area contributed by atoms with Gasteiger partial charge in [0, 0.05) is 48.0 Å². The van der Waals surface area contributed by atoms with Gasteiger partial charge in [0.15, 0.2) is 5.96 Å². The molecule has 0 fully saturated rings. The van der Waals surface area contributed by atoms with Crippen molar-refractivity contribution in [3.05, 3.63) is 58.8 Å². The van der Waals surface area contributed by atoms with Crippen molar-refractivity contribution in [2.24, 2.45) is 4.99 Å². The van der Waals surface area contributed by atoms with Gasteiger partial charge in [-0.1, -0.05) is 22.0 Å². The molecule has 146 valence electrons. The van der Waals surface area contributed by atoms with Crippen molar-refractivity contribution >= 4 is 57.5 Å². The van der Waals surface area contributed by atoms with Gasteiger partial charge in [0.25, 0.3) is 0 Å². The molecule has 2 aromatic rings. The number of halogens is 2. The molecule has 0 aliphatic heterocycles. The zero-order chi connectivity index (χ0) is 18.6. The maximum atomic E-state index is 12.0. The van der Waals surface area contributed by atoms with Crippen LogP contribution in [-0.4, -0.2) is 36.5 Å². The molecule has 1 aromatic carbocycles. The molecule has 0 aliphatic rings. The van der Waals surface area contributed by atoms with Crippen molar-refractivity contribution in [3.63, 3.8) is 0 Å². The van der Waals surface area contributed by atoms with Crippen LogP contribution < -0.4 is 16.0 Å². The first kappa shape index (κ1) is 23.4. The zero-order valence-corrected chi connectivity index (χ0v) is 19.2. The Morgan fingerprint density at radius 3 is 2.59 bits per heavy atom. The molecule has 0 atom stereocenters. The van der Waals surface area contributed by atoms with Crippen molar-refractivity contribution in [1.82, 2.24) is 15.6 Å². The van der Waals surface area contributed by atoms with E-state index in [1.54, 1.807) is 6.20 Å². The lowest BCUT2D eigenvalue weighted by atomic mass is 10.3. The standard InChI is InChI=1S/C19H24BrN5O.HI/c1-2-21-19(23-13-10-16-5-3-4-12-22-16)24-14-11-18(26)25-17-8-6-15(20)7-9-17;/h3-9,12H,2,10-11,13-14H2,1H3,(H,25,26)(H2,21,23,24);1H. The van der Waals surface area contributed by atoms with Crippen LogP contribution >= 0.6 is 39.9 Å². The van der Waals surface area contributed by atoms with Gasteiger partial charge in [-0.3, -0.25) is 14.8 Å². The highest BCUT2D eigenvalue weighted by Crippen LogP contribution is 2.14. The topological polar surface area (TPSA) is 78.4 Å². The minimum Gasteiger partial charge on any atom is -0.357 e. The summed E-state index contributed by atoms with van der Waals surface area (Å²) in [6, 6.07) is 13.4. The number of nitrogens with one attached hydrogen (secondary N) is 3. The van der Waals surface area contributed by atoms with Crippen molar-refractivity contribution in [2.75, 3.05) is 25.0 Å². The number of aromatic nitrogens is 1. The maximum Gasteiger partial charge on any atom is 0.226 e. The second-order valence-corrected chi connectivity index (χ2v) is 6.48. The number of pyridine rings is 1. The lowest BCUT2D eigenvalue weighted by Gasteiger charge is -2.11. The van der Waals surface area contributed by atoms with E-state index < -0.39 is 0 Å². The molecule has 2 rings (SSSR count). The summed E-state index contributed by atoms with van der Waals surface area (Å²) >= 11 is 3.37. The normalized spacial score (nSPS) is 10.7. The molecular weight excluding hydrogens is 521 g/mol. The highest BCUT2D eigenvalue weighted by molar-refractivity contribution is 14.0. The molecule has 8 heteroatoms. The molecule has 0 unspecified atom stereocenters. The Balaban J connectivity index is 0.00000364. The number of carbonyl (C=O) groups is 1. The van der Waals surface area contributed by atoms with Crippen LogP contribution in [-0.2, 0) is 11.2 Å². The monoisotopic (exact) mass is 545 g/mol. The second kappa shape index (κ2) is 13.5. The number of hydrogen-bond acceptors (Lipinski definition) is 3. The van der Waals surface area contributed by atoms with E-state index in [0.29, 0.717) is 18.9 Å². The zero-order valence-electron chi connectivity index (χ0n) is 15.2. The van der Waals surface area contributed by atoms with E-state index in [2.05, 4.69) is 41.9 Å². The van der Waals surface area contributed by atoms with Gasteiger partial charge in [-0.2, -0.15) is 0 Å². The van der Waals surface area contributed by atoms with E-state index in [1.807, 2.05) is 49.4 Å². The van der Waals surface area contributed by atoms with Gasteiger partial charge >= 0.3 is 0 Å². The summed E-state index contributed by atoms with van der Waals surface area (Å²) in [5, 5.41) is 9.30. The Kier molecular flexibility index (Phi) is 11.7. The van der Waals surface area contributed by atoms with Gasteiger partial charge in [-0.05, 0) is 43.3 Å². The van der Waals surface area contributed by atoms with Crippen LogP contribution in [0.2, 0.25) is 0 Å². The molecule has 3 N–H and O–H groups in total. The van der Waals surface area contributed by atoms with Crippen molar-refractivity contribution in [3.8, 4) is 0 Å². The van der Waals surface area contributed by atoms with Gasteiger partial charge in [0.1, 0.15) is 0 Å². The lowest BCUT2D eigenvalue weighted by molar-refractivity contribution is -0.116. The third-order valence-electron chi connectivity index (χ3n) is 3.48. The summed E-state index contributed by atoms with van der Waals surface area (Å²) in [4.78, 5) is 20.7. The molecule has 27 heavy (non-hydrogen) atoms. The molecule has 1 heterocycles. The first-order valence-corrected chi connectivity index (χ1v) is 9.44. The average molecular weight is 546 g/mol. The number of carbonyl (C=O) groups excluding carboxylic acids is 1. The quantitative estimate of drug-likeness (QED) is 0.269. The molecule has 0 saturated carbocycles. The van der Waals surface area contributed by atoms with Crippen LogP contribution in [0.1, 0.15) is 19.0 Å². The summed E-state index contributed by atoms with van der Waals surface area (Å²) in [5.41, 5.74) is 1.81. The number of aliphatic imine (C=N–C) groups is 1. The number of guanidine groups is 1. The minimum absolute atomic E-state index is 0. The highest BCUT2D eigenvalue weighted by Gasteiger charge is 2.03. The Morgan fingerprint density at radius 2 is 1.93 bits per heavy atom. The van der Waals surface area contributed by atoms with Gasteiger partial charge in [0.05, 0.1) is 6.54 Å². The van der Waals surface area contributed by atoms with Crippen LogP contribution in [0.15, 0.2) is 58.1 Å². The summed E-state index contributed by atoms with van der Waals surface area (Å²) < 4.78 is 0.979. The number of hydrogen-bond donors (Lipinski definition) is 3. The molecule has 0 aliphatic carbocycles. The predicted molar refractivity (Wildman–Crippen MR) is 125 cm³/mol. The smallest absolute Gasteiger partial charge is 0.226 e. The minimum atomic E-state index is -0.0552. The molecular formula is C19H25BrIN5O. The molecule has 0 saturated heterocycles. The second-order valence-electron chi connectivity index (χ2n) is 5.56. The first-order valence-electron chi connectivity index (χ1n) is 8.65. The largest absolute Gasteiger partial charge is 0.357 e. The number of nitrogens with zero attached hydrogens (tertiary/aromatic N) is 2. The summed E-state index contributed by atoms with van der Waals surface area (Å²) in [6.07, 6.45) is 2.93. The van der Waals surface area contributed by atoms with E-state index in [9.17, 15) is 4.79 Å². The number of anilines is 1. The van der Waals surface area contributed by atoms with Gasteiger partial charge in [-0.15, -0.1) is 24.0 Å². The number of benzene rings is 1. The number of rotatable bonds is 8. The Hall–Kier alpha value is -1.68. The van der Waals surface area contributed by atoms with E-state index in [1.165, 1.54) is 0 Å². The van der Waals surface area contributed by atoms with E-state index in [4.69, 9.17) is 0 Å². The molecule has 6 nitrogen and oxygen atoms in total. The maximum absolute atomic E-state index is 12.0. The Bertz CT molecular complexity index is 710. The van der Waals surface area contributed by atoms with Crippen molar-refractivity contribution in [2.45, 2.75) is 19.8 Å². The fraction of sp³-hybridized carbons (Fsp3) is 0.316. The third kappa shape index (κ3) is 9.71. The molecule has 1 amide bonds. The lowest BCUT2D eigenvalue weighted by Crippen LogP contribution is -2.38. The fourth-order valence-electron chi connectivity index (χ4n) is 2.22. The van der Waals surface area contributed by atoms with E-state index in [0.717, 1.165) is 35.4 Å². The number of amides is 1. The van der Waals surface area contributed by atoms with Crippen LogP contribution in [0.25, 0.3) is 0 Å². The van der Waals surface area contributed by atoms with Crippen LogP contribution in [0.5, 0.6) is 0 Å². The van der Waals surface area contributed by atoms with E-state index in [-0.39, 0.29) is 29.9 Å². The van der Waals surface area contributed by atoms with Crippen LogP contribution in [0.4, 0.5) is 5.69 Å². The molecule has 0 radical (unpaired) electrons. The Morgan fingerprint density at radius 1 is 1.15 bits per heavy atom. The van der Waals surface area contributed by atoms with Gasteiger partial charge in [0.2, 0.25) is 5.91 Å². The summed E-state index contributed by atoms with van der Waals surface area (Å²) in [6.45, 7) is 3.92. The average Bonchev–Trinajstić information content (AvgIpc) is 2.64. The highest BCUT2D eigenvalue weighted by atomic mass is 127. The van der Waals surface area contributed by atoms with Crippen molar-refractivity contribution in [1.29, 1.82) is 0 Å². The van der Waals surface area contributed by atoms with Crippen LogP contribution in [0, 0.1) is 0 Å². The Labute approximate surface area is 185 Å². The van der Waals surface area contributed by atoms with Crippen molar-refractivity contribution < 1.29 is 4.79 Å². The van der Waals surface area contributed by atoms with E-state index >= 15 is 0 Å². The van der Waals surface area contributed by atoms with Crippen LogP contribution in [0.3, 0.4) is 0 Å². The fourth-order valence-corrected chi connectivity index (χ4v) is 2.49. The predicted octanol–water partition coefficient (Wildman–Crippen LogP) is 3.59. The van der Waals surface area contributed by atoms with Gasteiger partial charge < -0.3 is 16.0 Å². The first-order chi connectivity index (χ1) is 12.7. The third-order valence-corrected chi connectivity index (χ3v) is 4.01. The molecule has 1 aromatic heterocycles. The van der Waals surface area contributed by atoms with Gasteiger partial charge in [-0.25, -0.2) is 0 Å². The molecule has 0 bridgehead atoms. The molecule has 0 spiro atoms. The SMILES string of the molecule is CCNC(=NCCC(=O)Nc1ccc(Br)cc1)NCCc1ccccn1.I. The summed E-state index contributed by atoms with van der Waals surface area (Å²) in [7, 11) is 0. The summed E-state index contributed by atoms with van der Waals surface area (Å²) in [5.74, 6) is 0.653.